The Morgan fingerprint density at radius 3 is 1.80 bits per heavy atom. The van der Waals surface area contributed by atoms with Crippen molar-refractivity contribution in [3.05, 3.63) is 120 Å². The highest BCUT2D eigenvalue weighted by molar-refractivity contribution is 5.70. The Hall–Kier alpha value is -6.00. The van der Waals surface area contributed by atoms with E-state index in [-0.39, 0.29) is 13.2 Å². The van der Waals surface area contributed by atoms with Crippen molar-refractivity contribution in [3.63, 3.8) is 0 Å². The predicted molar refractivity (Wildman–Crippen MR) is 253 cm³/mol. The number of halogens is 2. The average Bonchev–Trinajstić information content (AvgIpc) is 3.31. The van der Waals surface area contributed by atoms with Gasteiger partial charge in [-0.15, -0.1) is 0 Å². The lowest BCUT2D eigenvalue weighted by atomic mass is 9.93. The maximum atomic E-state index is 13.5. The van der Waals surface area contributed by atoms with Crippen molar-refractivity contribution in [1.29, 1.82) is 0 Å². The fourth-order valence-electron chi connectivity index (χ4n) is 8.31. The molecule has 3 heterocycles. The number of nitrogens with zero attached hydrogens (tertiary/aromatic N) is 5. The number of unbranched alkanes of at least 4 members (excludes halogenated alkanes) is 6. The number of hydrogen-bond acceptors (Lipinski definition) is 11. The van der Waals surface area contributed by atoms with Gasteiger partial charge in [-0.25, -0.2) is 28.3 Å². The van der Waals surface area contributed by atoms with Gasteiger partial charge in [0.1, 0.15) is 0 Å². The third-order valence-electron chi connectivity index (χ3n) is 12.5. The number of ether oxygens (including phenoxy) is 2. The lowest BCUT2D eigenvalue weighted by molar-refractivity contribution is 0.135. The molecule has 15 nitrogen and oxygen atoms in total. The van der Waals surface area contributed by atoms with Gasteiger partial charge in [-0.3, -0.25) is 19.6 Å². The number of carbonyl (C=O) groups excluding carboxylic acids is 2. The van der Waals surface area contributed by atoms with Gasteiger partial charge in [-0.1, -0.05) is 70.9 Å². The summed E-state index contributed by atoms with van der Waals surface area (Å²) in [5, 5.41) is 0. The summed E-state index contributed by atoms with van der Waals surface area (Å²) in [4.78, 5) is 81.2. The molecule has 17 heteroatoms. The summed E-state index contributed by atoms with van der Waals surface area (Å²) in [5.74, 6) is -1.48. The standard InChI is InChI=1S/C49H67F2N7O8/c1-4-6-27-55(40-18-20-41(21-19-40)56-30-23-38(24-31-56)26-33-66-49(64)58-35-43(51)45(60)53-47(58)62)28-12-10-8-7-9-11-13-36(3)22-29-54(5-2)39-16-14-37(15-17-39)25-32-65-48(63)57-34-42(50)44(59)52-46(57)61/h14-21,34-36,38H,4-13,22-33H2,1-3H3,(H,52,59,61)(H,53,60,62). The lowest BCUT2D eigenvalue weighted by Crippen LogP contribution is -2.36. The van der Waals surface area contributed by atoms with Crippen molar-refractivity contribution in [3.8, 4) is 0 Å². The fraction of sp³-hybridized carbons (Fsp3) is 0.551. The Kier molecular flexibility index (Phi) is 20.3. The first-order valence-electron chi connectivity index (χ1n) is 23.7. The van der Waals surface area contributed by atoms with Gasteiger partial charge in [-0.05, 0) is 99.2 Å². The monoisotopic (exact) mass is 920 g/mol. The molecule has 0 aliphatic carbocycles. The molecule has 0 amide bonds. The predicted octanol–water partition coefficient (Wildman–Crippen LogP) is 8.07. The molecule has 0 spiro atoms. The van der Waals surface area contributed by atoms with Crippen LogP contribution in [-0.2, 0) is 15.9 Å². The number of piperidine rings is 1. The van der Waals surface area contributed by atoms with Gasteiger partial charge in [0.2, 0.25) is 11.6 Å². The summed E-state index contributed by atoms with van der Waals surface area (Å²) in [6.45, 7) is 12.6. The molecule has 5 rings (SSSR count). The van der Waals surface area contributed by atoms with E-state index < -0.39 is 46.3 Å². The van der Waals surface area contributed by atoms with Gasteiger partial charge in [0.15, 0.2) is 0 Å². The second kappa shape index (κ2) is 26.2. The van der Waals surface area contributed by atoms with E-state index in [0.717, 1.165) is 82.6 Å². The Morgan fingerprint density at radius 1 is 0.682 bits per heavy atom. The van der Waals surface area contributed by atoms with E-state index >= 15 is 0 Å². The first-order chi connectivity index (χ1) is 31.9. The highest BCUT2D eigenvalue weighted by atomic mass is 19.1. The number of carbonyl (C=O) groups is 2. The van der Waals surface area contributed by atoms with Crippen LogP contribution < -0.4 is 37.2 Å². The van der Waals surface area contributed by atoms with Crippen LogP contribution in [0.15, 0.2) is 80.1 Å². The molecular formula is C49H67F2N7O8. The van der Waals surface area contributed by atoms with Crippen LogP contribution >= 0.6 is 0 Å². The van der Waals surface area contributed by atoms with Gasteiger partial charge in [0, 0.05) is 62.8 Å². The van der Waals surface area contributed by atoms with Crippen molar-refractivity contribution in [2.45, 2.75) is 111 Å². The maximum Gasteiger partial charge on any atom is 0.422 e. The number of hydrogen-bond donors (Lipinski definition) is 2. The van der Waals surface area contributed by atoms with Crippen LogP contribution in [0.5, 0.6) is 0 Å². The van der Waals surface area contributed by atoms with Crippen LogP contribution in [0, 0.1) is 23.5 Å². The highest BCUT2D eigenvalue weighted by Gasteiger charge is 2.21. The molecule has 1 atom stereocenters. The average molecular weight is 920 g/mol. The first kappa shape index (κ1) is 51.0. The summed E-state index contributed by atoms with van der Waals surface area (Å²) >= 11 is 0. The molecule has 0 saturated carbocycles. The number of aromatic nitrogens is 4. The minimum atomic E-state index is -1.24. The summed E-state index contributed by atoms with van der Waals surface area (Å²) in [7, 11) is 0. The number of benzene rings is 2. The zero-order valence-corrected chi connectivity index (χ0v) is 38.7. The van der Waals surface area contributed by atoms with Gasteiger partial charge in [0.25, 0.3) is 11.1 Å². The largest absolute Gasteiger partial charge is 0.449 e. The molecule has 66 heavy (non-hydrogen) atoms. The van der Waals surface area contributed by atoms with Crippen LogP contribution in [-0.4, -0.2) is 83.8 Å². The summed E-state index contributed by atoms with van der Waals surface area (Å²) in [6.07, 6.45) is 14.0. The number of H-pyrrole nitrogens is 2. The molecule has 1 aliphatic heterocycles. The second-order valence-corrected chi connectivity index (χ2v) is 17.3. The normalized spacial score (nSPS) is 13.4. The molecular weight excluding hydrogens is 853 g/mol. The van der Waals surface area contributed by atoms with E-state index in [9.17, 15) is 37.5 Å². The molecule has 2 N–H and O–H groups in total. The van der Waals surface area contributed by atoms with Crippen LogP contribution in [0.1, 0.15) is 110 Å². The Morgan fingerprint density at radius 2 is 1.21 bits per heavy atom. The van der Waals surface area contributed by atoms with Crippen LogP contribution in [0.4, 0.5) is 35.4 Å². The van der Waals surface area contributed by atoms with Crippen LogP contribution in [0.2, 0.25) is 0 Å². The number of anilines is 3. The third-order valence-corrected chi connectivity index (χ3v) is 12.5. The minimum absolute atomic E-state index is 0.00421. The van der Waals surface area contributed by atoms with Crippen molar-refractivity contribution in [1.82, 2.24) is 19.1 Å². The number of nitrogens with one attached hydrogen (secondary N) is 2. The smallest absolute Gasteiger partial charge is 0.422 e. The molecule has 1 aliphatic rings. The summed E-state index contributed by atoms with van der Waals surface area (Å²) in [6, 6.07) is 17.0. The lowest BCUT2D eigenvalue weighted by Gasteiger charge is -2.34. The molecule has 4 aromatic rings. The maximum absolute atomic E-state index is 13.5. The minimum Gasteiger partial charge on any atom is -0.449 e. The summed E-state index contributed by atoms with van der Waals surface area (Å²) < 4.78 is 38.2. The van der Waals surface area contributed by atoms with E-state index in [1.165, 1.54) is 56.3 Å². The molecule has 1 saturated heterocycles. The van der Waals surface area contributed by atoms with Gasteiger partial charge >= 0.3 is 23.6 Å². The van der Waals surface area contributed by atoms with Crippen molar-refractivity contribution >= 4 is 29.2 Å². The SMILES string of the molecule is CCCCN(CCCCCCCCC(C)CCN(CC)c1ccc(CCOC(=O)n2cc(F)c(=O)[nH]c2=O)cc1)c1ccc(N2CCC(CCOC(=O)n3cc(F)c(=O)[nH]c3=O)CC2)cc1. The number of aromatic amines is 2. The quantitative estimate of drug-likeness (QED) is 0.0616. The fourth-order valence-corrected chi connectivity index (χ4v) is 8.31. The van der Waals surface area contributed by atoms with E-state index in [2.05, 4.69) is 71.9 Å². The molecule has 0 bridgehead atoms. The molecule has 2 aromatic carbocycles. The zero-order valence-electron chi connectivity index (χ0n) is 38.7. The van der Waals surface area contributed by atoms with Crippen LogP contribution in [0.3, 0.4) is 0 Å². The van der Waals surface area contributed by atoms with Crippen LogP contribution in [0.25, 0.3) is 0 Å². The third kappa shape index (κ3) is 15.6. The van der Waals surface area contributed by atoms with Crippen molar-refractivity contribution < 1.29 is 27.8 Å². The number of rotatable bonds is 25. The molecule has 2 aromatic heterocycles. The Balaban J connectivity index is 0.922. The van der Waals surface area contributed by atoms with Crippen molar-refractivity contribution in [2.24, 2.45) is 11.8 Å². The van der Waals surface area contributed by atoms with E-state index in [1.807, 2.05) is 12.1 Å². The molecule has 1 fully saturated rings. The van der Waals surface area contributed by atoms with E-state index in [1.54, 1.807) is 9.97 Å². The summed E-state index contributed by atoms with van der Waals surface area (Å²) in [5.41, 5.74) is 0.0993. The highest BCUT2D eigenvalue weighted by Crippen LogP contribution is 2.28. The first-order valence-corrected chi connectivity index (χ1v) is 23.7. The van der Waals surface area contributed by atoms with Gasteiger partial charge in [-0.2, -0.15) is 8.78 Å². The van der Waals surface area contributed by atoms with E-state index in [4.69, 9.17) is 9.47 Å². The van der Waals surface area contributed by atoms with Crippen molar-refractivity contribution in [2.75, 3.05) is 67.2 Å². The Bertz CT molecular complexity index is 2370. The molecule has 1 unspecified atom stereocenters. The Labute approximate surface area is 384 Å². The molecule has 360 valence electrons. The topological polar surface area (TPSA) is 172 Å². The van der Waals surface area contributed by atoms with Gasteiger partial charge < -0.3 is 24.2 Å². The van der Waals surface area contributed by atoms with Gasteiger partial charge in [0.05, 0.1) is 25.6 Å². The zero-order chi connectivity index (χ0) is 47.4. The molecule has 0 radical (unpaired) electrons. The second-order valence-electron chi connectivity index (χ2n) is 17.3. The van der Waals surface area contributed by atoms with E-state index in [0.29, 0.717) is 46.2 Å².